The minimum atomic E-state index is -4.61. The van der Waals surface area contributed by atoms with Crippen LogP contribution >= 0.6 is 0 Å². The van der Waals surface area contributed by atoms with Gasteiger partial charge < -0.3 is 38.4 Å². The van der Waals surface area contributed by atoms with E-state index in [0.29, 0.717) is 0 Å². The van der Waals surface area contributed by atoms with E-state index in [1.165, 1.54) is 0 Å². The summed E-state index contributed by atoms with van der Waals surface area (Å²) in [6.07, 6.45) is 0. The minimum absolute atomic E-state index is 0. The summed E-state index contributed by atoms with van der Waals surface area (Å²) in [6, 6.07) is 0. The van der Waals surface area contributed by atoms with Crippen molar-refractivity contribution in [2.75, 3.05) is 0 Å². The molecule has 0 spiro atoms. The van der Waals surface area contributed by atoms with Crippen molar-refractivity contribution in [3.63, 3.8) is 0 Å². The zero-order valence-corrected chi connectivity index (χ0v) is 12.8. The summed E-state index contributed by atoms with van der Waals surface area (Å²) in [6.45, 7) is 0. The van der Waals surface area contributed by atoms with E-state index in [1.807, 2.05) is 0 Å². The molecule has 0 aliphatic heterocycles. The molecule has 2 radical (unpaired) electrons. The Balaban J connectivity index is -0.0000000457. The van der Waals surface area contributed by atoms with Gasteiger partial charge in [-0.1, -0.05) is 0 Å². The second-order valence-corrected chi connectivity index (χ2v) is 3.60. The van der Waals surface area contributed by atoms with Gasteiger partial charge in [0.2, 0.25) is 0 Å². The summed E-state index contributed by atoms with van der Waals surface area (Å²) in [7, 11) is -9.22. The van der Waals surface area contributed by atoms with E-state index in [0.717, 1.165) is 0 Å². The average molecular weight is 541 g/mol. The average Bonchev–Trinajstić information content (AvgIpc) is 1.12. The molecule has 12 heteroatoms. The van der Waals surface area contributed by atoms with E-state index in [2.05, 4.69) is 0 Å². The van der Waals surface area contributed by atoms with E-state index < -0.39 is 18.1 Å². The predicted octanol–water partition coefficient (Wildman–Crippen LogP) is -7.05. The molecule has 0 saturated heterocycles. The number of hydrogen-bond acceptors (Lipinski definition) is 8. The van der Waals surface area contributed by atoms with E-state index in [1.54, 1.807) is 0 Å². The molecule has 0 aromatic carbocycles. The molecular weight excluding hydrogens is 529 g/mol. The molecule has 0 fully saturated rings. The standard InChI is InChI=1S/Ba.2H4O4Si.Pb.4H/c;2*1-5(2,3)4;;;;;/h;2*1-4H;;;;;. The Morgan fingerprint density at radius 3 is 0.500 bits per heavy atom. The van der Waals surface area contributed by atoms with Gasteiger partial charge in [0.05, 0.1) is 0 Å². The predicted molar refractivity (Wildman–Crippen MR) is 46.3 cm³/mol. The van der Waals surface area contributed by atoms with Crippen molar-refractivity contribution >= 4 is 94.3 Å². The normalized spacial score (nSPS) is 10.0. The summed E-state index contributed by atoms with van der Waals surface area (Å²) in [4.78, 5) is 58.6. The number of hydrogen-bond donors (Lipinski definition) is 8. The van der Waals surface area contributed by atoms with Crippen molar-refractivity contribution in [2.45, 2.75) is 0 Å². The molecule has 0 rings (SSSR count). The van der Waals surface area contributed by atoms with E-state index in [-0.39, 0.29) is 76.2 Å². The van der Waals surface area contributed by atoms with Gasteiger partial charge in [0.15, 0.2) is 0 Å². The quantitative estimate of drug-likeness (QED) is 0.141. The third-order valence-corrected chi connectivity index (χ3v) is 0. The van der Waals surface area contributed by atoms with Crippen molar-refractivity contribution in [3.05, 3.63) is 0 Å². The van der Waals surface area contributed by atoms with Crippen LogP contribution in [0.5, 0.6) is 0 Å². The molecule has 12 heavy (non-hydrogen) atoms. The van der Waals surface area contributed by atoms with Crippen molar-refractivity contribution in [3.8, 4) is 0 Å². The first-order chi connectivity index (χ1) is 4.00. The third-order valence-electron chi connectivity index (χ3n) is 0. The van der Waals surface area contributed by atoms with Gasteiger partial charge in [-0.3, -0.25) is 0 Å². The van der Waals surface area contributed by atoms with E-state index in [9.17, 15) is 0 Å². The van der Waals surface area contributed by atoms with Gasteiger partial charge in [-0.2, -0.15) is 0 Å². The van der Waals surface area contributed by atoms with Gasteiger partial charge >= 0.3 is 94.3 Å². The zero-order valence-electron chi connectivity index (χ0n) is 5.28. The second kappa shape index (κ2) is 10.1. The molecule has 74 valence electrons. The fraction of sp³-hybridized carbons (Fsp3) is 0. The Bertz CT molecular complexity index is 60.0. The fourth-order valence-electron chi connectivity index (χ4n) is 0. The van der Waals surface area contributed by atoms with Crippen LogP contribution in [0.3, 0.4) is 0 Å². The molecular formula is H12BaO8PbSi2. The Morgan fingerprint density at radius 1 is 0.500 bits per heavy atom. The van der Waals surface area contributed by atoms with Crippen LogP contribution in [-0.2, 0) is 0 Å². The SMILES string of the molecule is O[Si](O)(O)O.O[Si](O)(O)O.[BaH2].[PbH2]. The van der Waals surface area contributed by atoms with E-state index in [4.69, 9.17) is 38.4 Å². The van der Waals surface area contributed by atoms with Crippen LogP contribution in [0.15, 0.2) is 0 Å². The maximum absolute atomic E-state index is 7.33. The Labute approximate surface area is 130 Å². The van der Waals surface area contributed by atoms with Crippen LogP contribution in [0, 0.1) is 0 Å². The molecule has 0 aromatic heterocycles. The Hall–Kier alpha value is 2.61. The molecule has 0 aliphatic rings. The van der Waals surface area contributed by atoms with Crippen molar-refractivity contribution in [1.82, 2.24) is 0 Å². The van der Waals surface area contributed by atoms with Crippen LogP contribution in [-0.4, -0.2) is 133 Å². The summed E-state index contributed by atoms with van der Waals surface area (Å²) in [5, 5.41) is 0. The third kappa shape index (κ3) is 250. The van der Waals surface area contributed by atoms with Crippen LogP contribution in [0.2, 0.25) is 0 Å². The summed E-state index contributed by atoms with van der Waals surface area (Å²) < 4.78 is 0. The summed E-state index contributed by atoms with van der Waals surface area (Å²) in [5.74, 6) is 0. The summed E-state index contributed by atoms with van der Waals surface area (Å²) >= 11 is 0. The molecule has 0 atom stereocenters. The summed E-state index contributed by atoms with van der Waals surface area (Å²) in [5.41, 5.74) is 0. The first kappa shape index (κ1) is 24.0. The van der Waals surface area contributed by atoms with Crippen molar-refractivity contribution in [1.29, 1.82) is 0 Å². The topological polar surface area (TPSA) is 162 Å². The molecule has 0 heterocycles. The van der Waals surface area contributed by atoms with Gasteiger partial charge in [-0.05, 0) is 0 Å². The van der Waals surface area contributed by atoms with E-state index >= 15 is 0 Å². The van der Waals surface area contributed by atoms with Crippen LogP contribution in [0.25, 0.3) is 0 Å². The Morgan fingerprint density at radius 2 is 0.500 bits per heavy atom. The monoisotopic (exact) mass is 542 g/mol. The van der Waals surface area contributed by atoms with Gasteiger partial charge in [-0.25, -0.2) is 0 Å². The van der Waals surface area contributed by atoms with Gasteiger partial charge in [0, 0.05) is 0 Å². The van der Waals surface area contributed by atoms with Crippen LogP contribution in [0.1, 0.15) is 0 Å². The van der Waals surface area contributed by atoms with Gasteiger partial charge in [0.25, 0.3) is 0 Å². The first-order valence-electron chi connectivity index (χ1n) is 1.79. The molecule has 0 unspecified atom stereocenters. The molecule has 8 N–H and O–H groups in total. The number of rotatable bonds is 0. The Kier molecular flexibility index (Phi) is 20.3. The molecule has 0 aliphatic carbocycles. The molecule has 0 bridgehead atoms. The molecule has 0 saturated carbocycles. The maximum atomic E-state index is 7.33. The second-order valence-electron chi connectivity index (χ2n) is 1.20. The van der Waals surface area contributed by atoms with Gasteiger partial charge in [-0.15, -0.1) is 0 Å². The molecule has 8 nitrogen and oxygen atoms in total. The zero-order chi connectivity index (χ0) is 9.00. The van der Waals surface area contributed by atoms with Crippen LogP contribution in [0.4, 0.5) is 0 Å². The molecule has 0 aromatic rings. The van der Waals surface area contributed by atoms with Gasteiger partial charge in [0.1, 0.15) is 0 Å². The van der Waals surface area contributed by atoms with Crippen LogP contribution < -0.4 is 0 Å². The first-order valence-corrected chi connectivity index (χ1v) is 5.37. The molecule has 0 amide bonds. The van der Waals surface area contributed by atoms with Crippen molar-refractivity contribution in [2.24, 2.45) is 0 Å². The fourth-order valence-corrected chi connectivity index (χ4v) is 0. The van der Waals surface area contributed by atoms with Crippen molar-refractivity contribution < 1.29 is 38.4 Å².